The van der Waals surface area contributed by atoms with Gasteiger partial charge in [0.1, 0.15) is 17.6 Å². The molecule has 0 radical (unpaired) electrons. The van der Waals surface area contributed by atoms with Crippen LogP contribution >= 0.6 is 0 Å². The van der Waals surface area contributed by atoms with E-state index in [0.29, 0.717) is 49.2 Å². The number of rotatable bonds is 9. The second kappa shape index (κ2) is 13.1. The molecule has 11 heteroatoms. The first-order chi connectivity index (χ1) is 21.4. The van der Waals surface area contributed by atoms with Gasteiger partial charge in [-0.2, -0.15) is 9.97 Å². The summed E-state index contributed by atoms with van der Waals surface area (Å²) in [6.07, 6.45) is 0.135. The van der Waals surface area contributed by atoms with Crippen LogP contribution in [0.25, 0.3) is 22.3 Å². The van der Waals surface area contributed by atoms with E-state index in [-0.39, 0.29) is 18.8 Å². The lowest BCUT2D eigenvalue weighted by Gasteiger charge is -2.36. The molecule has 0 amide bonds. The number of carboxylic acids is 1. The van der Waals surface area contributed by atoms with E-state index < -0.39 is 12.0 Å². The number of methoxy groups -OCH3 is 1. The summed E-state index contributed by atoms with van der Waals surface area (Å²) in [6.45, 7) is 8.62. The number of carboxylic acid groups (broad SMARTS) is 1. The van der Waals surface area contributed by atoms with E-state index in [9.17, 15) is 9.90 Å². The average Bonchev–Trinajstić information content (AvgIpc) is 3.04. The van der Waals surface area contributed by atoms with Crippen molar-refractivity contribution in [2.45, 2.75) is 38.6 Å². The number of hydrogen-bond acceptors (Lipinski definition) is 10. The number of pyridine rings is 1. The molecule has 4 heterocycles. The van der Waals surface area contributed by atoms with Crippen molar-refractivity contribution in [3.63, 3.8) is 0 Å². The predicted octanol–water partition coefficient (Wildman–Crippen LogP) is 4.07. The van der Waals surface area contributed by atoms with Crippen molar-refractivity contribution in [3.8, 4) is 17.0 Å². The highest BCUT2D eigenvalue weighted by Crippen LogP contribution is 2.32. The maximum absolute atomic E-state index is 12.1. The number of ether oxygens (including phenoxy) is 3. The van der Waals surface area contributed by atoms with Gasteiger partial charge in [0, 0.05) is 43.9 Å². The van der Waals surface area contributed by atoms with Gasteiger partial charge in [-0.3, -0.25) is 10.1 Å². The average molecular weight is 599 g/mol. The zero-order valence-corrected chi connectivity index (χ0v) is 25.3. The van der Waals surface area contributed by atoms with Crippen LogP contribution in [-0.2, 0) is 20.8 Å². The van der Waals surface area contributed by atoms with Crippen molar-refractivity contribution in [3.05, 3.63) is 71.8 Å². The van der Waals surface area contributed by atoms with Crippen molar-refractivity contribution in [2.75, 3.05) is 56.3 Å². The van der Waals surface area contributed by atoms with Gasteiger partial charge in [-0.05, 0) is 49.7 Å². The van der Waals surface area contributed by atoms with Gasteiger partial charge in [-0.25, -0.2) is 4.98 Å². The molecule has 3 atom stereocenters. The van der Waals surface area contributed by atoms with Crippen LogP contribution in [0.1, 0.15) is 31.0 Å². The van der Waals surface area contributed by atoms with Crippen LogP contribution in [0.2, 0.25) is 0 Å². The molecule has 230 valence electrons. The molecule has 0 bridgehead atoms. The number of morpholine rings is 2. The number of hydrogen-bond donors (Lipinski definition) is 2. The number of carbonyl (C=O) groups is 1. The minimum Gasteiger partial charge on any atom is -0.496 e. The summed E-state index contributed by atoms with van der Waals surface area (Å²) in [7, 11) is 1.61. The van der Waals surface area contributed by atoms with Crippen LogP contribution in [0.3, 0.4) is 0 Å². The highest BCUT2D eigenvalue weighted by Gasteiger charge is 2.27. The molecule has 4 aromatic rings. The normalized spacial score (nSPS) is 19.6. The second-order valence-corrected chi connectivity index (χ2v) is 11.3. The van der Waals surface area contributed by atoms with E-state index in [1.165, 1.54) is 0 Å². The summed E-state index contributed by atoms with van der Waals surface area (Å²) < 4.78 is 17.2. The summed E-state index contributed by atoms with van der Waals surface area (Å²) in [4.78, 5) is 31.6. The van der Waals surface area contributed by atoms with Gasteiger partial charge in [-0.1, -0.05) is 30.3 Å². The number of benzene rings is 2. The molecule has 0 aliphatic carbocycles. The Morgan fingerprint density at radius 3 is 2.45 bits per heavy atom. The highest BCUT2D eigenvalue weighted by molar-refractivity contribution is 5.90. The Kier molecular flexibility index (Phi) is 8.87. The molecule has 0 spiro atoms. The van der Waals surface area contributed by atoms with Gasteiger partial charge in [0.25, 0.3) is 0 Å². The van der Waals surface area contributed by atoms with Crippen molar-refractivity contribution < 1.29 is 24.1 Å². The summed E-state index contributed by atoms with van der Waals surface area (Å²) in [5.41, 5.74) is 3.74. The molecule has 2 fully saturated rings. The van der Waals surface area contributed by atoms with Crippen molar-refractivity contribution in [1.82, 2.24) is 20.3 Å². The molecule has 2 aliphatic heterocycles. The Balaban J connectivity index is 1.35. The smallest absolute Gasteiger partial charge is 0.325 e. The van der Waals surface area contributed by atoms with Crippen LogP contribution in [-0.4, -0.2) is 84.7 Å². The first-order valence-electron chi connectivity index (χ1n) is 15.0. The molecular formula is C33H38N6O5. The molecule has 11 nitrogen and oxygen atoms in total. The van der Waals surface area contributed by atoms with Crippen LogP contribution in [0.4, 0.5) is 11.8 Å². The highest BCUT2D eigenvalue weighted by atomic mass is 16.5. The fourth-order valence-electron chi connectivity index (χ4n) is 5.92. The number of nitrogens with one attached hydrogen (secondary N) is 1. The summed E-state index contributed by atoms with van der Waals surface area (Å²) in [6, 6.07) is 18.1. The monoisotopic (exact) mass is 598 g/mol. The van der Waals surface area contributed by atoms with Gasteiger partial charge in [0.2, 0.25) is 5.95 Å². The quantitative estimate of drug-likeness (QED) is 0.290. The molecule has 2 aromatic heterocycles. The zero-order valence-electron chi connectivity index (χ0n) is 25.3. The van der Waals surface area contributed by atoms with Gasteiger partial charge in [0.15, 0.2) is 5.65 Å². The van der Waals surface area contributed by atoms with E-state index in [1.807, 2.05) is 48.5 Å². The molecular weight excluding hydrogens is 560 g/mol. The third-order valence-electron chi connectivity index (χ3n) is 7.99. The van der Waals surface area contributed by atoms with Crippen molar-refractivity contribution in [2.24, 2.45) is 0 Å². The Morgan fingerprint density at radius 2 is 1.75 bits per heavy atom. The number of aromatic nitrogens is 3. The fraction of sp³-hybridized carbons (Fsp3) is 0.394. The van der Waals surface area contributed by atoms with E-state index in [2.05, 4.69) is 29.0 Å². The number of fused-ring (bicyclic) bond motifs is 1. The Bertz CT molecular complexity index is 1600. The lowest BCUT2D eigenvalue weighted by atomic mass is 10.0. The summed E-state index contributed by atoms with van der Waals surface area (Å²) >= 11 is 0. The first kappa shape index (κ1) is 29.7. The van der Waals surface area contributed by atoms with Gasteiger partial charge < -0.3 is 29.1 Å². The Labute approximate surface area is 256 Å². The third-order valence-corrected chi connectivity index (χ3v) is 7.99. The zero-order chi connectivity index (χ0) is 30.6. The SMILES string of the molecule is COc1ccc(-c2ccc3c(N4CCOCC4)nc(N4CC(C)OC(C)C4)nc3n2)cc1CNC(C(=O)O)c1ccccc1. The van der Waals surface area contributed by atoms with Crippen molar-refractivity contribution >= 4 is 28.8 Å². The van der Waals surface area contributed by atoms with E-state index in [4.69, 9.17) is 29.2 Å². The van der Waals surface area contributed by atoms with Crippen molar-refractivity contribution in [1.29, 1.82) is 0 Å². The minimum absolute atomic E-state index is 0.0677. The van der Waals surface area contributed by atoms with E-state index in [1.54, 1.807) is 19.2 Å². The molecule has 2 N–H and O–H groups in total. The maximum Gasteiger partial charge on any atom is 0.325 e. The molecule has 2 aromatic carbocycles. The third kappa shape index (κ3) is 6.45. The number of aliphatic carboxylic acids is 1. The standard InChI is InChI=1S/C33H38N6O5/c1-21-19-39(20-22(2)44-21)33-36-30-26(31(37-33)38-13-15-43-16-14-38)10-11-27(35-30)24-9-12-28(42-3)25(17-24)18-34-29(32(40)41)23-7-5-4-6-8-23/h4-12,17,21-22,29,34H,13-16,18-20H2,1-3H3,(H,40,41). The van der Waals surface area contributed by atoms with E-state index >= 15 is 0 Å². The van der Waals surface area contributed by atoms with Crippen LogP contribution < -0.4 is 19.9 Å². The van der Waals surface area contributed by atoms with Gasteiger partial charge >= 0.3 is 5.97 Å². The van der Waals surface area contributed by atoms with Crippen LogP contribution in [0, 0.1) is 0 Å². The molecule has 2 aliphatic rings. The number of nitrogens with zero attached hydrogens (tertiary/aromatic N) is 5. The predicted molar refractivity (Wildman–Crippen MR) is 168 cm³/mol. The lowest BCUT2D eigenvalue weighted by Crippen LogP contribution is -2.46. The largest absolute Gasteiger partial charge is 0.496 e. The fourth-order valence-corrected chi connectivity index (χ4v) is 5.92. The maximum atomic E-state index is 12.1. The molecule has 44 heavy (non-hydrogen) atoms. The van der Waals surface area contributed by atoms with Gasteiger partial charge in [0.05, 0.1) is 43.6 Å². The van der Waals surface area contributed by atoms with Gasteiger partial charge in [-0.15, -0.1) is 0 Å². The molecule has 0 saturated carbocycles. The van der Waals surface area contributed by atoms with E-state index in [0.717, 1.165) is 41.1 Å². The molecule has 2 saturated heterocycles. The molecule has 6 rings (SSSR count). The summed E-state index contributed by atoms with van der Waals surface area (Å²) in [5.74, 6) is 1.22. The summed E-state index contributed by atoms with van der Waals surface area (Å²) in [5, 5.41) is 14.0. The second-order valence-electron chi connectivity index (χ2n) is 11.3. The molecule has 3 unspecified atom stereocenters. The van der Waals surface area contributed by atoms with Crippen LogP contribution in [0.15, 0.2) is 60.7 Å². The Morgan fingerprint density at radius 1 is 1.00 bits per heavy atom. The lowest BCUT2D eigenvalue weighted by molar-refractivity contribution is -0.139. The first-order valence-corrected chi connectivity index (χ1v) is 15.0. The Hall–Kier alpha value is -4.32. The van der Waals surface area contributed by atoms with Crippen LogP contribution in [0.5, 0.6) is 5.75 Å². The topological polar surface area (TPSA) is 122 Å². The minimum atomic E-state index is -0.946. The number of anilines is 2.